The minimum Gasteiger partial charge on any atom is -0.318 e. The Bertz CT molecular complexity index is 350. The number of carbonyl (C=O) groups is 2. The predicted octanol–water partition coefficient (Wildman–Crippen LogP) is 0.268. The molecule has 0 aliphatic heterocycles. The highest BCUT2D eigenvalue weighted by atomic mass is 35.5. The van der Waals surface area contributed by atoms with Crippen molar-refractivity contribution in [2.45, 2.75) is 0 Å². The quantitative estimate of drug-likeness (QED) is 0.271. The summed E-state index contributed by atoms with van der Waals surface area (Å²) in [5.74, 6) is 3.04. The molecule has 0 aliphatic rings. The summed E-state index contributed by atoms with van der Waals surface area (Å²) in [5.41, 5.74) is 2.19. The van der Waals surface area contributed by atoms with Crippen LogP contribution in [0.3, 0.4) is 0 Å². The molecule has 4 N–H and O–H groups in total. The van der Waals surface area contributed by atoms with Gasteiger partial charge in [0.15, 0.2) is 0 Å². The fourth-order valence-electron chi connectivity index (χ4n) is 0.787. The van der Waals surface area contributed by atoms with Gasteiger partial charge in [0.1, 0.15) is 0 Å². The molecule has 1 aromatic carbocycles. The first kappa shape index (κ1) is 10.5. The summed E-state index contributed by atoms with van der Waals surface area (Å²) >= 11 is 5.63. The van der Waals surface area contributed by atoms with Crippen LogP contribution in [0, 0.1) is 0 Å². The van der Waals surface area contributed by atoms with Crippen LogP contribution in [0.25, 0.3) is 0 Å². The lowest BCUT2D eigenvalue weighted by Gasteiger charge is -2.02. The lowest BCUT2D eigenvalue weighted by molar-refractivity contribution is -0.136. The zero-order valence-corrected chi connectivity index (χ0v) is 7.84. The molecule has 0 spiro atoms. The van der Waals surface area contributed by atoms with Gasteiger partial charge in [0, 0.05) is 10.7 Å². The molecule has 1 rings (SSSR count). The third-order valence-electron chi connectivity index (χ3n) is 1.44. The molecule has 74 valence electrons. The van der Waals surface area contributed by atoms with E-state index in [0.717, 1.165) is 0 Å². The zero-order chi connectivity index (χ0) is 10.6. The largest absolute Gasteiger partial charge is 0.323 e. The third-order valence-corrected chi connectivity index (χ3v) is 1.69. The van der Waals surface area contributed by atoms with E-state index < -0.39 is 11.8 Å². The van der Waals surface area contributed by atoms with E-state index in [1.54, 1.807) is 29.7 Å². The van der Waals surface area contributed by atoms with Crippen LogP contribution in [0.15, 0.2) is 24.3 Å². The third kappa shape index (κ3) is 2.72. The Kier molecular flexibility index (Phi) is 3.44. The molecule has 14 heavy (non-hydrogen) atoms. The average Bonchev–Trinajstić information content (AvgIpc) is 2.20. The van der Waals surface area contributed by atoms with Gasteiger partial charge in [-0.15, -0.1) is 0 Å². The topological polar surface area (TPSA) is 84.2 Å². The molecule has 0 atom stereocenters. The lowest BCUT2D eigenvalue weighted by Crippen LogP contribution is -2.39. The Morgan fingerprint density at radius 1 is 1.14 bits per heavy atom. The molecule has 0 heterocycles. The normalized spacial score (nSPS) is 9.29. The maximum Gasteiger partial charge on any atom is 0.323 e. The lowest BCUT2D eigenvalue weighted by atomic mass is 10.3. The van der Waals surface area contributed by atoms with Gasteiger partial charge in [-0.25, -0.2) is 5.84 Å². The molecule has 5 nitrogen and oxygen atoms in total. The number of hydrogen-bond acceptors (Lipinski definition) is 3. The summed E-state index contributed by atoms with van der Waals surface area (Å²) < 4.78 is 0. The number of anilines is 1. The smallest absolute Gasteiger partial charge is 0.318 e. The van der Waals surface area contributed by atoms with Crippen LogP contribution < -0.4 is 16.6 Å². The summed E-state index contributed by atoms with van der Waals surface area (Å²) in [4.78, 5) is 21.7. The summed E-state index contributed by atoms with van der Waals surface area (Å²) in [7, 11) is 0. The van der Waals surface area contributed by atoms with Gasteiger partial charge in [0.25, 0.3) is 0 Å². The highest BCUT2D eigenvalue weighted by molar-refractivity contribution is 6.39. The maximum absolute atomic E-state index is 11.0. The van der Waals surface area contributed by atoms with Crippen molar-refractivity contribution in [2.24, 2.45) is 5.84 Å². The first-order valence-corrected chi connectivity index (χ1v) is 4.09. The van der Waals surface area contributed by atoms with Crippen molar-refractivity contribution in [2.75, 3.05) is 5.32 Å². The molecule has 0 saturated carbocycles. The number of hydrogen-bond donors (Lipinski definition) is 3. The van der Waals surface area contributed by atoms with Crippen LogP contribution in [0.4, 0.5) is 5.69 Å². The number of carbonyl (C=O) groups excluding carboxylic acids is 2. The van der Waals surface area contributed by atoms with Gasteiger partial charge < -0.3 is 5.32 Å². The Hall–Kier alpha value is -1.59. The molecule has 0 bridgehead atoms. The van der Waals surface area contributed by atoms with E-state index in [4.69, 9.17) is 17.4 Å². The molecule has 0 fully saturated rings. The van der Waals surface area contributed by atoms with E-state index in [1.807, 2.05) is 0 Å². The summed E-state index contributed by atoms with van der Waals surface area (Å²) in [6, 6.07) is 6.34. The molecule has 2 amide bonds. The maximum atomic E-state index is 11.0. The Balaban J connectivity index is 2.65. The van der Waals surface area contributed by atoms with Gasteiger partial charge in [0.2, 0.25) is 0 Å². The van der Waals surface area contributed by atoms with Crippen LogP contribution in [0.2, 0.25) is 5.02 Å². The van der Waals surface area contributed by atoms with Crippen molar-refractivity contribution in [3.05, 3.63) is 29.3 Å². The summed E-state index contributed by atoms with van der Waals surface area (Å²) in [5, 5.41) is 2.88. The van der Waals surface area contributed by atoms with E-state index in [0.29, 0.717) is 10.7 Å². The second kappa shape index (κ2) is 4.59. The molecule has 0 unspecified atom stereocenters. The van der Waals surface area contributed by atoms with Crippen LogP contribution in [-0.4, -0.2) is 11.8 Å². The van der Waals surface area contributed by atoms with Crippen molar-refractivity contribution in [3.63, 3.8) is 0 Å². The number of nitrogens with one attached hydrogen (secondary N) is 2. The highest BCUT2D eigenvalue weighted by Crippen LogP contribution is 2.12. The Labute approximate surface area is 85.2 Å². The number of hydrazine groups is 1. The molecule has 0 aliphatic carbocycles. The summed E-state index contributed by atoms with van der Waals surface area (Å²) in [6.45, 7) is 0. The monoisotopic (exact) mass is 213 g/mol. The number of amides is 2. The van der Waals surface area contributed by atoms with E-state index in [1.165, 1.54) is 0 Å². The molecular weight excluding hydrogens is 206 g/mol. The number of halogens is 1. The van der Waals surface area contributed by atoms with Crippen LogP contribution in [-0.2, 0) is 9.59 Å². The first-order valence-electron chi connectivity index (χ1n) is 3.71. The molecule has 0 aromatic heterocycles. The van der Waals surface area contributed by atoms with E-state index >= 15 is 0 Å². The van der Waals surface area contributed by atoms with Crippen molar-refractivity contribution < 1.29 is 9.59 Å². The second-order valence-corrected chi connectivity index (χ2v) is 2.87. The standard InChI is InChI=1S/C8H8ClN3O2/c9-5-1-3-6(4-2-5)11-7(13)8(14)12-10/h1-4H,10H2,(H,11,13)(H,12,14). The van der Waals surface area contributed by atoms with E-state index in [2.05, 4.69) is 5.32 Å². The van der Waals surface area contributed by atoms with Crippen molar-refractivity contribution in [1.82, 2.24) is 5.43 Å². The number of benzene rings is 1. The predicted molar refractivity (Wildman–Crippen MR) is 52.4 cm³/mol. The van der Waals surface area contributed by atoms with Crippen LogP contribution >= 0.6 is 11.6 Å². The van der Waals surface area contributed by atoms with Crippen LogP contribution in [0.5, 0.6) is 0 Å². The minimum absolute atomic E-state index is 0.475. The van der Waals surface area contributed by atoms with Crippen molar-refractivity contribution in [1.29, 1.82) is 0 Å². The first-order chi connectivity index (χ1) is 6.63. The SMILES string of the molecule is NNC(=O)C(=O)Nc1ccc(Cl)cc1. The Morgan fingerprint density at radius 3 is 2.21 bits per heavy atom. The van der Waals surface area contributed by atoms with Gasteiger partial charge in [0.05, 0.1) is 0 Å². The molecular formula is C8H8ClN3O2. The summed E-state index contributed by atoms with van der Waals surface area (Å²) in [6.07, 6.45) is 0. The highest BCUT2D eigenvalue weighted by Gasteiger charge is 2.10. The van der Waals surface area contributed by atoms with Gasteiger partial charge in [-0.2, -0.15) is 0 Å². The average molecular weight is 214 g/mol. The van der Waals surface area contributed by atoms with Gasteiger partial charge in [-0.3, -0.25) is 15.0 Å². The zero-order valence-electron chi connectivity index (χ0n) is 7.08. The molecule has 1 aromatic rings. The minimum atomic E-state index is -0.903. The fourth-order valence-corrected chi connectivity index (χ4v) is 0.913. The number of rotatable bonds is 1. The van der Waals surface area contributed by atoms with Gasteiger partial charge >= 0.3 is 11.8 Å². The number of nitrogens with two attached hydrogens (primary N) is 1. The van der Waals surface area contributed by atoms with Gasteiger partial charge in [-0.05, 0) is 24.3 Å². The van der Waals surface area contributed by atoms with E-state index in [-0.39, 0.29) is 0 Å². The Morgan fingerprint density at radius 2 is 1.71 bits per heavy atom. The van der Waals surface area contributed by atoms with E-state index in [9.17, 15) is 9.59 Å². The van der Waals surface area contributed by atoms with Crippen molar-refractivity contribution >= 4 is 29.1 Å². The molecule has 0 radical (unpaired) electrons. The van der Waals surface area contributed by atoms with Crippen molar-refractivity contribution in [3.8, 4) is 0 Å². The second-order valence-electron chi connectivity index (χ2n) is 2.43. The fraction of sp³-hybridized carbons (Fsp3) is 0. The molecule has 6 heteroatoms. The van der Waals surface area contributed by atoms with Gasteiger partial charge in [-0.1, -0.05) is 11.6 Å². The van der Waals surface area contributed by atoms with Crippen LogP contribution in [0.1, 0.15) is 0 Å². The molecule has 0 saturated heterocycles.